The summed E-state index contributed by atoms with van der Waals surface area (Å²) in [6, 6.07) is 0.304. The van der Waals surface area contributed by atoms with Crippen molar-refractivity contribution in [3.8, 4) is 0 Å². The standard InChI is InChI=1S/C12H20BrN5/c1-7(2)10-9(13)11(18(17-10)8(3)4)16-12-14-5-6-15-12/h7-8H,5-6H2,1-4H3,(H2,14,15,16). The Morgan fingerprint density at radius 1 is 1.33 bits per heavy atom. The van der Waals surface area contributed by atoms with E-state index < -0.39 is 0 Å². The number of nitrogens with one attached hydrogen (secondary N) is 2. The third-order valence-electron chi connectivity index (χ3n) is 2.82. The SMILES string of the molecule is CC(C)c1nn(C(C)C)c(NC2=NCCN2)c1Br. The number of rotatable bonds is 3. The predicted octanol–water partition coefficient (Wildman–Crippen LogP) is 2.72. The van der Waals surface area contributed by atoms with E-state index in [4.69, 9.17) is 0 Å². The minimum atomic E-state index is 0.304. The highest BCUT2D eigenvalue weighted by Crippen LogP contribution is 2.33. The van der Waals surface area contributed by atoms with E-state index in [0.29, 0.717) is 12.0 Å². The number of guanidine groups is 1. The van der Waals surface area contributed by atoms with Gasteiger partial charge in [0.05, 0.1) is 16.7 Å². The van der Waals surface area contributed by atoms with Gasteiger partial charge < -0.3 is 10.6 Å². The van der Waals surface area contributed by atoms with Crippen LogP contribution in [0.2, 0.25) is 0 Å². The maximum absolute atomic E-state index is 4.68. The van der Waals surface area contributed by atoms with Gasteiger partial charge in [-0.05, 0) is 35.7 Å². The van der Waals surface area contributed by atoms with Gasteiger partial charge in [0.25, 0.3) is 0 Å². The van der Waals surface area contributed by atoms with Crippen molar-refractivity contribution in [1.82, 2.24) is 15.1 Å². The molecule has 1 aliphatic rings. The monoisotopic (exact) mass is 313 g/mol. The van der Waals surface area contributed by atoms with E-state index in [-0.39, 0.29) is 0 Å². The quantitative estimate of drug-likeness (QED) is 0.902. The second-order valence-electron chi connectivity index (χ2n) is 5.02. The van der Waals surface area contributed by atoms with Crippen LogP contribution in [0.4, 0.5) is 5.82 Å². The Bertz CT molecular complexity index is 461. The first kappa shape index (κ1) is 13.4. The minimum Gasteiger partial charge on any atom is -0.354 e. The lowest BCUT2D eigenvalue weighted by molar-refractivity contribution is 0.529. The lowest BCUT2D eigenvalue weighted by atomic mass is 10.1. The summed E-state index contributed by atoms with van der Waals surface area (Å²) in [5.74, 6) is 2.19. The van der Waals surface area contributed by atoms with Crippen molar-refractivity contribution >= 4 is 27.7 Å². The molecule has 2 N–H and O–H groups in total. The van der Waals surface area contributed by atoms with Gasteiger partial charge in [-0.3, -0.25) is 4.99 Å². The molecule has 5 nitrogen and oxygen atoms in total. The minimum absolute atomic E-state index is 0.304. The van der Waals surface area contributed by atoms with Crippen LogP contribution in [0.3, 0.4) is 0 Å². The van der Waals surface area contributed by atoms with E-state index in [0.717, 1.165) is 35.0 Å². The molecule has 0 unspecified atom stereocenters. The Morgan fingerprint density at radius 3 is 2.56 bits per heavy atom. The summed E-state index contributed by atoms with van der Waals surface area (Å²) in [7, 11) is 0. The number of halogens is 1. The van der Waals surface area contributed by atoms with Gasteiger partial charge in [-0.1, -0.05) is 13.8 Å². The van der Waals surface area contributed by atoms with Crippen LogP contribution in [0.1, 0.15) is 45.3 Å². The zero-order valence-electron chi connectivity index (χ0n) is 11.3. The lowest BCUT2D eigenvalue weighted by Crippen LogP contribution is -2.27. The van der Waals surface area contributed by atoms with Crippen LogP contribution in [0.25, 0.3) is 0 Å². The van der Waals surface area contributed by atoms with Crippen LogP contribution >= 0.6 is 15.9 Å². The van der Waals surface area contributed by atoms with Gasteiger partial charge in [-0.25, -0.2) is 4.68 Å². The summed E-state index contributed by atoms with van der Waals surface area (Å²) in [6.45, 7) is 10.3. The molecule has 2 rings (SSSR count). The first-order valence-electron chi connectivity index (χ1n) is 6.34. The summed E-state index contributed by atoms with van der Waals surface area (Å²) in [6.07, 6.45) is 0. The van der Waals surface area contributed by atoms with Crippen molar-refractivity contribution in [2.45, 2.75) is 39.7 Å². The van der Waals surface area contributed by atoms with Gasteiger partial charge in [-0.15, -0.1) is 0 Å². The number of hydrogen-bond acceptors (Lipinski definition) is 4. The first-order valence-corrected chi connectivity index (χ1v) is 7.13. The number of hydrogen-bond donors (Lipinski definition) is 2. The van der Waals surface area contributed by atoms with Gasteiger partial charge in [-0.2, -0.15) is 5.10 Å². The molecule has 6 heteroatoms. The highest BCUT2D eigenvalue weighted by atomic mass is 79.9. The third kappa shape index (κ3) is 2.53. The molecule has 1 aliphatic heterocycles. The molecule has 0 bridgehead atoms. The van der Waals surface area contributed by atoms with E-state index >= 15 is 0 Å². The summed E-state index contributed by atoms with van der Waals surface area (Å²) >= 11 is 3.65. The molecule has 1 aromatic rings. The summed E-state index contributed by atoms with van der Waals surface area (Å²) < 4.78 is 3.03. The number of aromatic nitrogens is 2. The van der Waals surface area contributed by atoms with E-state index in [9.17, 15) is 0 Å². The molecule has 100 valence electrons. The van der Waals surface area contributed by atoms with Crippen LogP contribution < -0.4 is 10.6 Å². The van der Waals surface area contributed by atoms with E-state index in [1.54, 1.807) is 0 Å². The molecule has 2 heterocycles. The van der Waals surface area contributed by atoms with Crippen LogP contribution in [-0.4, -0.2) is 28.8 Å². The average molecular weight is 314 g/mol. The van der Waals surface area contributed by atoms with Crippen LogP contribution in [0.5, 0.6) is 0 Å². The Morgan fingerprint density at radius 2 is 2.06 bits per heavy atom. The maximum atomic E-state index is 4.68. The molecular weight excluding hydrogens is 294 g/mol. The van der Waals surface area contributed by atoms with Crippen molar-refractivity contribution in [2.75, 3.05) is 18.4 Å². The number of anilines is 1. The molecule has 0 aromatic carbocycles. The van der Waals surface area contributed by atoms with Gasteiger partial charge in [0.2, 0.25) is 0 Å². The Kier molecular flexibility index (Phi) is 3.94. The molecule has 0 spiro atoms. The zero-order valence-corrected chi connectivity index (χ0v) is 12.9. The molecule has 18 heavy (non-hydrogen) atoms. The van der Waals surface area contributed by atoms with E-state index in [1.165, 1.54) is 0 Å². The van der Waals surface area contributed by atoms with Crippen molar-refractivity contribution in [2.24, 2.45) is 4.99 Å². The van der Waals surface area contributed by atoms with Crippen molar-refractivity contribution in [1.29, 1.82) is 0 Å². The largest absolute Gasteiger partial charge is 0.354 e. The Labute approximate surface area is 116 Å². The Hall–Kier alpha value is -1.04. The highest BCUT2D eigenvalue weighted by molar-refractivity contribution is 9.10. The summed E-state index contributed by atoms with van der Waals surface area (Å²) in [5.41, 5.74) is 1.07. The smallest absolute Gasteiger partial charge is 0.197 e. The van der Waals surface area contributed by atoms with E-state index in [2.05, 4.69) is 64.3 Å². The fourth-order valence-corrected chi connectivity index (χ4v) is 2.70. The van der Waals surface area contributed by atoms with Crippen molar-refractivity contribution in [3.05, 3.63) is 10.2 Å². The first-order chi connectivity index (χ1) is 8.50. The average Bonchev–Trinajstić information content (AvgIpc) is 2.88. The second kappa shape index (κ2) is 5.30. The summed E-state index contributed by atoms with van der Waals surface area (Å²) in [5, 5.41) is 11.2. The molecule has 0 fully saturated rings. The van der Waals surface area contributed by atoms with Gasteiger partial charge in [0, 0.05) is 12.6 Å². The third-order valence-corrected chi connectivity index (χ3v) is 3.61. The maximum Gasteiger partial charge on any atom is 0.197 e. The van der Waals surface area contributed by atoms with E-state index in [1.807, 2.05) is 4.68 Å². The molecule has 0 amide bonds. The van der Waals surface area contributed by atoms with Crippen molar-refractivity contribution < 1.29 is 0 Å². The molecule has 0 saturated heterocycles. The normalized spacial score (nSPS) is 15.2. The van der Waals surface area contributed by atoms with Crippen LogP contribution in [0.15, 0.2) is 9.47 Å². The highest BCUT2D eigenvalue weighted by Gasteiger charge is 2.21. The van der Waals surface area contributed by atoms with Crippen LogP contribution in [0, 0.1) is 0 Å². The molecule has 1 aromatic heterocycles. The van der Waals surface area contributed by atoms with Gasteiger partial charge in [0.1, 0.15) is 5.82 Å². The fourth-order valence-electron chi connectivity index (χ4n) is 1.88. The topological polar surface area (TPSA) is 54.2 Å². The van der Waals surface area contributed by atoms with Gasteiger partial charge >= 0.3 is 0 Å². The fraction of sp³-hybridized carbons (Fsp3) is 0.667. The predicted molar refractivity (Wildman–Crippen MR) is 78.3 cm³/mol. The van der Waals surface area contributed by atoms with Crippen molar-refractivity contribution in [3.63, 3.8) is 0 Å². The zero-order chi connectivity index (χ0) is 13.3. The molecular formula is C12H20BrN5. The van der Waals surface area contributed by atoms with Crippen LogP contribution in [-0.2, 0) is 0 Å². The molecule has 0 atom stereocenters. The molecule has 0 aliphatic carbocycles. The van der Waals surface area contributed by atoms with Gasteiger partial charge in [0.15, 0.2) is 5.96 Å². The Balaban J connectivity index is 2.36. The lowest BCUT2D eigenvalue weighted by Gasteiger charge is -2.13. The number of nitrogens with zero attached hydrogens (tertiary/aromatic N) is 3. The summed E-state index contributed by atoms with van der Waals surface area (Å²) in [4.78, 5) is 4.36. The number of aliphatic imine (C=N–C) groups is 1. The molecule has 0 radical (unpaired) electrons. The molecule has 0 saturated carbocycles. The second-order valence-corrected chi connectivity index (χ2v) is 5.82.